The zero-order chi connectivity index (χ0) is 19.8. The first-order valence-corrected chi connectivity index (χ1v) is 8.94. The molecular weight excluding hydrogens is 401 g/mol. The summed E-state index contributed by atoms with van der Waals surface area (Å²) in [6, 6.07) is 2.86. The lowest BCUT2D eigenvalue weighted by atomic mass is 10.2. The molecule has 2 aromatic rings. The number of hydrogen-bond acceptors (Lipinski definition) is 4. The average molecular weight is 421 g/mol. The molecule has 0 unspecified atom stereocenters. The van der Waals surface area contributed by atoms with Crippen molar-refractivity contribution in [2.24, 2.45) is 4.99 Å². The standard InChI is InChI=1S/C16H20Cl2F2N6O/c1-3-13-25-24-9-26(13)5-4-22-16(21-2)23-8-10-6-11(17)7-12(18)14(10)27-15(19)20/h6-7,9,15H,3-5,8H2,1-2H3,(H2,21,22,23). The smallest absolute Gasteiger partial charge is 0.387 e. The molecule has 0 bridgehead atoms. The number of nitrogens with one attached hydrogen (secondary N) is 2. The Labute approximate surface area is 165 Å². The van der Waals surface area contributed by atoms with Gasteiger partial charge in [0.1, 0.15) is 17.9 Å². The van der Waals surface area contributed by atoms with Gasteiger partial charge in [-0.3, -0.25) is 4.99 Å². The molecule has 1 aromatic carbocycles. The molecular formula is C16H20Cl2F2N6O. The molecule has 7 nitrogen and oxygen atoms in total. The quantitative estimate of drug-likeness (QED) is 0.506. The van der Waals surface area contributed by atoms with Crippen LogP contribution >= 0.6 is 23.2 Å². The molecule has 0 radical (unpaired) electrons. The van der Waals surface area contributed by atoms with Crippen molar-refractivity contribution in [3.8, 4) is 5.75 Å². The lowest BCUT2D eigenvalue weighted by Crippen LogP contribution is -2.38. The number of rotatable bonds is 8. The molecule has 0 atom stereocenters. The Morgan fingerprint density at radius 2 is 2.11 bits per heavy atom. The minimum atomic E-state index is -2.99. The fraction of sp³-hybridized carbons (Fsp3) is 0.438. The highest BCUT2D eigenvalue weighted by atomic mass is 35.5. The van der Waals surface area contributed by atoms with Crippen molar-refractivity contribution < 1.29 is 13.5 Å². The number of aryl methyl sites for hydroxylation is 1. The van der Waals surface area contributed by atoms with E-state index >= 15 is 0 Å². The van der Waals surface area contributed by atoms with E-state index in [-0.39, 0.29) is 17.3 Å². The number of guanidine groups is 1. The molecule has 27 heavy (non-hydrogen) atoms. The van der Waals surface area contributed by atoms with E-state index in [4.69, 9.17) is 23.2 Å². The second-order valence-corrected chi connectivity index (χ2v) is 6.24. The highest BCUT2D eigenvalue weighted by Gasteiger charge is 2.15. The van der Waals surface area contributed by atoms with Crippen LogP contribution in [0.1, 0.15) is 18.3 Å². The third-order valence-electron chi connectivity index (χ3n) is 3.62. The first kappa shape index (κ1) is 21.2. The van der Waals surface area contributed by atoms with E-state index in [9.17, 15) is 8.78 Å². The van der Waals surface area contributed by atoms with E-state index in [0.717, 1.165) is 12.2 Å². The Kier molecular flexibility index (Phi) is 8.05. The summed E-state index contributed by atoms with van der Waals surface area (Å²) >= 11 is 11.9. The van der Waals surface area contributed by atoms with Gasteiger partial charge in [-0.25, -0.2) is 0 Å². The molecule has 0 saturated carbocycles. The summed E-state index contributed by atoms with van der Waals surface area (Å²) in [7, 11) is 1.60. The molecule has 0 spiro atoms. The number of hydrogen-bond donors (Lipinski definition) is 2. The normalized spacial score (nSPS) is 11.7. The van der Waals surface area contributed by atoms with Gasteiger partial charge in [-0.15, -0.1) is 10.2 Å². The lowest BCUT2D eigenvalue weighted by molar-refractivity contribution is -0.0504. The van der Waals surface area contributed by atoms with Crippen LogP contribution in [0.25, 0.3) is 0 Å². The van der Waals surface area contributed by atoms with Crippen molar-refractivity contribution >= 4 is 29.2 Å². The molecule has 1 heterocycles. The fourth-order valence-electron chi connectivity index (χ4n) is 2.40. The van der Waals surface area contributed by atoms with Gasteiger partial charge in [0.15, 0.2) is 5.96 Å². The van der Waals surface area contributed by atoms with Crippen molar-refractivity contribution in [3.63, 3.8) is 0 Å². The van der Waals surface area contributed by atoms with Crippen LogP contribution in [-0.4, -0.2) is 40.9 Å². The maximum atomic E-state index is 12.6. The molecule has 1 aromatic heterocycles. The molecule has 0 aliphatic carbocycles. The third kappa shape index (κ3) is 6.21. The SMILES string of the molecule is CCc1nncn1CCNC(=NC)NCc1cc(Cl)cc(Cl)c1OC(F)F. The van der Waals surface area contributed by atoms with Crippen LogP contribution in [0.3, 0.4) is 0 Å². The molecule has 2 rings (SSSR count). The summed E-state index contributed by atoms with van der Waals surface area (Å²) in [6.07, 6.45) is 2.45. The van der Waals surface area contributed by atoms with Crippen LogP contribution in [-0.2, 0) is 19.5 Å². The number of ether oxygens (including phenoxy) is 1. The summed E-state index contributed by atoms with van der Waals surface area (Å²) in [5.41, 5.74) is 0.392. The molecule has 11 heteroatoms. The number of nitrogens with zero attached hydrogens (tertiary/aromatic N) is 4. The molecule has 0 fully saturated rings. The molecule has 0 saturated heterocycles. The molecule has 0 amide bonds. The van der Waals surface area contributed by atoms with E-state index in [1.165, 1.54) is 12.1 Å². The van der Waals surface area contributed by atoms with E-state index in [2.05, 4.69) is 30.6 Å². The van der Waals surface area contributed by atoms with Crippen molar-refractivity contribution in [1.82, 2.24) is 25.4 Å². The Morgan fingerprint density at radius 3 is 2.78 bits per heavy atom. The second-order valence-electron chi connectivity index (χ2n) is 5.40. The van der Waals surface area contributed by atoms with Crippen LogP contribution in [0.4, 0.5) is 8.78 Å². The van der Waals surface area contributed by atoms with Crippen LogP contribution in [0.2, 0.25) is 10.0 Å². The van der Waals surface area contributed by atoms with Gasteiger partial charge in [0.05, 0.1) is 5.02 Å². The van der Waals surface area contributed by atoms with Crippen LogP contribution in [0.5, 0.6) is 5.75 Å². The van der Waals surface area contributed by atoms with Crippen molar-refractivity contribution in [2.45, 2.75) is 33.0 Å². The minimum Gasteiger partial charge on any atom is -0.433 e. The van der Waals surface area contributed by atoms with Gasteiger partial charge >= 0.3 is 6.61 Å². The van der Waals surface area contributed by atoms with E-state index in [1.54, 1.807) is 13.4 Å². The Balaban J connectivity index is 1.95. The number of alkyl halides is 2. The summed E-state index contributed by atoms with van der Waals surface area (Å²) in [5, 5.41) is 14.4. The van der Waals surface area contributed by atoms with E-state index in [0.29, 0.717) is 29.6 Å². The third-order valence-corrected chi connectivity index (χ3v) is 4.12. The lowest BCUT2D eigenvalue weighted by Gasteiger charge is -2.16. The first-order valence-electron chi connectivity index (χ1n) is 8.18. The van der Waals surface area contributed by atoms with Gasteiger partial charge in [0.2, 0.25) is 0 Å². The predicted molar refractivity (Wildman–Crippen MR) is 101 cm³/mol. The van der Waals surface area contributed by atoms with Crippen molar-refractivity contribution in [2.75, 3.05) is 13.6 Å². The summed E-state index contributed by atoms with van der Waals surface area (Å²) < 4.78 is 31.7. The molecule has 0 aliphatic heterocycles. The minimum absolute atomic E-state index is 0.0160. The predicted octanol–water partition coefficient (Wildman–Crippen LogP) is 3.11. The number of aliphatic imine (C=N–C) groups is 1. The van der Waals surface area contributed by atoms with E-state index < -0.39 is 6.61 Å². The van der Waals surface area contributed by atoms with Gasteiger partial charge < -0.3 is 19.9 Å². The molecule has 148 valence electrons. The van der Waals surface area contributed by atoms with Gasteiger partial charge in [0, 0.05) is 43.7 Å². The maximum absolute atomic E-state index is 12.6. The zero-order valence-electron chi connectivity index (χ0n) is 14.8. The summed E-state index contributed by atoms with van der Waals surface area (Å²) in [6.45, 7) is 0.385. The highest BCUT2D eigenvalue weighted by Crippen LogP contribution is 2.33. The van der Waals surface area contributed by atoms with Crippen LogP contribution in [0.15, 0.2) is 23.5 Å². The Bertz CT molecular complexity index is 784. The summed E-state index contributed by atoms with van der Waals surface area (Å²) in [4.78, 5) is 4.10. The zero-order valence-corrected chi connectivity index (χ0v) is 16.4. The number of benzene rings is 1. The van der Waals surface area contributed by atoms with Crippen LogP contribution < -0.4 is 15.4 Å². The second kappa shape index (κ2) is 10.3. The number of aromatic nitrogens is 3. The highest BCUT2D eigenvalue weighted by molar-refractivity contribution is 6.35. The number of halogens is 4. The van der Waals surface area contributed by atoms with Gasteiger partial charge in [-0.2, -0.15) is 8.78 Å². The maximum Gasteiger partial charge on any atom is 0.387 e. The monoisotopic (exact) mass is 420 g/mol. The topological polar surface area (TPSA) is 76.4 Å². The average Bonchev–Trinajstić information content (AvgIpc) is 3.07. The summed E-state index contributed by atoms with van der Waals surface area (Å²) in [5.74, 6) is 1.26. The van der Waals surface area contributed by atoms with Gasteiger partial charge in [-0.1, -0.05) is 30.1 Å². The largest absolute Gasteiger partial charge is 0.433 e. The van der Waals surface area contributed by atoms with Crippen molar-refractivity contribution in [3.05, 3.63) is 39.9 Å². The van der Waals surface area contributed by atoms with Gasteiger partial charge in [0.25, 0.3) is 0 Å². The molecule has 2 N–H and O–H groups in total. The molecule has 0 aliphatic rings. The van der Waals surface area contributed by atoms with Gasteiger partial charge in [-0.05, 0) is 12.1 Å². The van der Waals surface area contributed by atoms with E-state index in [1.807, 2.05) is 11.5 Å². The first-order chi connectivity index (χ1) is 12.9. The fourth-order valence-corrected chi connectivity index (χ4v) is 2.98. The Morgan fingerprint density at radius 1 is 1.33 bits per heavy atom. The van der Waals surface area contributed by atoms with Crippen molar-refractivity contribution in [1.29, 1.82) is 0 Å². The Hall–Kier alpha value is -2.13. The van der Waals surface area contributed by atoms with Crippen LogP contribution in [0, 0.1) is 0 Å².